The number of nitrogens with one attached hydrogen (secondary N) is 3. The van der Waals surface area contributed by atoms with Gasteiger partial charge in [-0.1, -0.05) is 11.8 Å². The molecule has 2 amide bonds. The molecule has 2 heterocycles. The number of hydrogen-bond acceptors (Lipinski definition) is 5. The summed E-state index contributed by atoms with van der Waals surface area (Å²) in [5.74, 6) is 0.377. The summed E-state index contributed by atoms with van der Waals surface area (Å²) >= 11 is 1.12. The molecule has 2 saturated heterocycles. The van der Waals surface area contributed by atoms with Crippen molar-refractivity contribution in [3.63, 3.8) is 0 Å². The second kappa shape index (κ2) is 5.03. The molecule has 2 fully saturated rings. The number of carbonyl (C=O) groups is 2. The van der Waals surface area contributed by atoms with Gasteiger partial charge in [0.2, 0.25) is 5.91 Å². The summed E-state index contributed by atoms with van der Waals surface area (Å²) in [6, 6.07) is -0.427. The minimum atomic E-state index is -0.427. The Morgan fingerprint density at radius 3 is 2.94 bits per heavy atom. The van der Waals surface area contributed by atoms with Crippen molar-refractivity contribution in [3.8, 4) is 0 Å². The third-order valence-corrected chi connectivity index (χ3v) is 3.71. The molecule has 4 N–H and O–H groups in total. The average molecular weight is 245 g/mol. The predicted octanol–water partition coefficient (Wildman–Crippen LogP) is -1.49. The van der Waals surface area contributed by atoms with Crippen LogP contribution in [0.25, 0.3) is 0 Å². The molecule has 0 spiro atoms. The van der Waals surface area contributed by atoms with Crippen molar-refractivity contribution in [1.29, 1.82) is 0 Å². The molecule has 2 aliphatic heterocycles. The lowest BCUT2D eigenvalue weighted by Crippen LogP contribution is -2.45. The van der Waals surface area contributed by atoms with Crippen molar-refractivity contribution in [2.75, 3.05) is 25.4 Å². The number of amides is 2. The van der Waals surface area contributed by atoms with Crippen LogP contribution in [-0.2, 0) is 4.79 Å². The Bertz CT molecular complexity index is 300. The third-order valence-electron chi connectivity index (χ3n) is 2.83. The van der Waals surface area contributed by atoms with E-state index in [-0.39, 0.29) is 17.1 Å². The third kappa shape index (κ3) is 2.66. The molecule has 7 heteroatoms. The summed E-state index contributed by atoms with van der Waals surface area (Å²) in [5.41, 5.74) is 0. The van der Waals surface area contributed by atoms with Gasteiger partial charge in [0.15, 0.2) is 0 Å². The zero-order chi connectivity index (χ0) is 11.5. The van der Waals surface area contributed by atoms with Gasteiger partial charge in [0, 0.05) is 31.3 Å². The first-order valence-corrected chi connectivity index (χ1v) is 6.25. The van der Waals surface area contributed by atoms with Crippen molar-refractivity contribution in [2.24, 2.45) is 5.92 Å². The first-order chi connectivity index (χ1) is 7.66. The van der Waals surface area contributed by atoms with Crippen LogP contribution in [0.15, 0.2) is 0 Å². The van der Waals surface area contributed by atoms with E-state index in [0.29, 0.717) is 25.4 Å². The van der Waals surface area contributed by atoms with E-state index in [0.717, 1.165) is 11.8 Å². The van der Waals surface area contributed by atoms with E-state index in [9.17, 15) is 14.7 Å². The molecule has 16 heavy (non-hydrogen) atoms. The van der Waals surface area contributed by atoms with E-state index in [2.05, 4.69) is 16.0 Å². The van der Waals surface area contributed by atoms with Crippen LogP contribution in [0.1, 0.15) is 0 Å². The van der Waals surface area contributed by atoms with Crippen LogP contribution in [-0.4, -0.2) is 53.8 Å². The second-order valence-corrected chi connectivity index (χ2v) is 5.02. The maximum absolute atomic E-state index is 11.6. The van der Waals surface area contributed by atoms with Crippen LogP contribution >= 0.6 is 11.8 Å². The highest BCUT2D eigenvalue weighted by Gasteiger charge is 2.30. The van der Waals surface area contributed by atoms with Crippen LogP contribution in [0, 0.1) is 5.92 Å². The summed E-state index contributed by atoms with van der Waals surface area (Å²) in [6.45, 7) is 1.74. The molecule has 3 atom stereocenters. The van der Waals surface area contributed by atoms with Crippen molar-refractivity contribution in [1.82, 2.24) is 16.0 Å². The molecule has 0 aromatic carbocycles. The molecule has 0 aromatic rings. The summed E-state index contributed by atoms with van der Waals surface area (Å²) < 4.78 is 0. The smallest absolute Gasteiger partial charge is 0.279 e. The molecule has 90 valence electrons. The minimum Gasteiger partial charge on any atom is -0.391 e. The molecule has 6 nitrogen and oxygen atoms in total. The van der Waals surface area contributed by atoms with Crippen molar-refractivity contribution in [3.05, 3.63) is 0 Å². The van der Waals surface area contributed by atoms with Crippen LogP contribution in [0.5, 0.6) is 0 Å². The topological polar surface area (TPSA) is 90.5 Å². The highest BCUT2D eigenvalue weighted by molar-refractivity contribution is 8.14. The van der Waals surface area contributed by atoms with Crippen molar-refractivity contribution >= 4 is 22.9 Å². The summed E-state index contributed by atoms with van der Waals surface area (Å²) in [6.07, 6.45) is -0.396. The fourth-order valence-electron chi connectivity index (χ4n) is 1.81. The Kier molecular flexibility index (Phi) is 3.67. The molecule has 2 rings (SSSR count). The van der Waals surface area contributed by atoms with E-state index in [1.807, 2.05) is 0 Å². The first kappa shape index (κ1) is 11.7. The lowest BCUT2D eigenvalue weighted by Gasteiger charge is -2.16. The molecule has 0 aromatic heterocycles. The zero-order valence-corrected chi connectivity index (χ0v) is 9.55. The number of rotatable bonds is 3. The van der Waals surface area contributed by atoms with Crippen LogP contribution in [0.3, 0.4) is 0 Å². The lowest BCUT2D eigenvalue weighted by molar-refractivity contribution is -0.122. The van der Waals surface area contributed by atoms with Gasteiger partial charge in [0.25, 0.3) is 5.24 Å². The number of carbonyl (C=O) groups excluding carboxylic acids is 2. The van der Waals surface area contributed by atoms with Gasteiger partial charge in [0.1, 0.15) is 6.04 Å². The molecule has 0 aliphatic carbocycles. The number of β-amino-alcohol motifs (C(OH)–C–C–N with tert-alkyl or cyclic N) is 1. The van der Waals surface area contributed by atoms with Gasteiger partial charge in [-0.2, -0.15) is 0 Å². The number of thioether (sulfide) groups is 1. The Hall–Kier alpha value is -0.790. The zero-order valence-electron chi connectivity index (χ0n) is 8.73. The maximum Gasteiger partial charge on any atom is 0.279 e. The fourth-order valence-corrected chi connectivity index (χ4v) is 2.59. The van der Waals surface area contributed by atoms with Crippen molar-refractivity contribution < 1.29 is 14.7 Å². The van der Waals surface area contributed by atoms with Crippen LogP contribution in [0.2, 0.25) is 0 Å². The van der Waals surface area contributed by atoms with Crippen LogP contribution < -0.4 is 16.0 Å². The monoisotopic (exact) mass is 245 g/mol. The van der Waals surface area contributed by atoms with E-state index >= 15 is 0 Å². The normalized spacial score (nSPS) is 33.8. The predicted molar refractivity (Wildman–Crippen MR) is 60.2 cm³/mol. The van der Waals surface area contributed by atoms with Gasteiger partial charge in [0.05, 0.1) is 6.10 Å². The van der Waals surface area contributed by atoms with E-state index in [1.54, 1.807) is 0 Å². The first-order valence-electron chi connectivity index (χ1n) is 5.26. The van der Waals surface area contributed by atoms with Gasteiger partial charge in [-0.15, -0.1) is 0 Å². The Balaban J connectivity index is 1.73. The highest BCUT2D eigenvalue weighted by atomic mass is 32.2. The quantitative estimate of drug-likeness (QED) is 0.486. The van der Waals surface area contributed by atoms with Gasteiger partial charge in [-0.25, -0.2) is 0 Å². The summed E-state index contributed by atoms with van der Waals surface area (Å²) in [5, 5.41) is 17.7. The maximum atomic E-state index is 11.6. The summed E-state index contributed by atoms with van der Waals surface area (Å²) in [7, 11) is 0. The number of hydrogen-bond donors (Lipinski definition) is 4. The lowest BCUT2D eigenvalue weighted by atomic mass is 10.1. The molecule has 0 saturated carbocycles. The Labute approximate surface area is 97.5 Å². The Morgan fingerprint density at radius 2 is 2.38 bits per heavy atom. The highest BCUT2D eigenvalue weighted by Crippen LogP contribution is 2.13. The van der Waals surface area contributed by atoms with Crippen LogP contribution in [0.4, 0.5) is 4.79 Å². The minimum absolute atomic E-state index is 0.0636. The standard InChI is InChI=1S/C9H15N3O3S/c13-7-3-10-1-5(7)2-11-8(14)6-4-16-9(15)12-6/h5-7,10,13H,1-4H2,(H,11,14)(H,12,15)/t5?,6-,7?/m0/s1. The number of aliphatic hydroxyl groups excluding tert-OH is 1. The van der Waals surface area contributed by atoms with Gasteiger partial charge in [-0.3, -0.25) is 9.59 Å². The van der Waals surface area contributed by atoms with Gasteiger partial charge >= 0.3 is 0 Å². The van der Waals surface area contributed by atoms with Crippen molar-refractivity contribution in [2.45, 2.75) is 12.1 Å². The van der Waals surface area contributed by atoms with E-state index in [1.165, 1.54) is 0 Å². The van der Waals surface area contributed by atoms with Gasteiger partial charge in [-0.05, 0) is 0 Å². The second-order valence-electron chi connectivity index (χ2n) is 4.03. The molecular weight excluding hydrogens is 230 g/mol. The fraction of sp³-hybridized carbons (Fsp3) is 0.778. The molecular formula is C9H15N3O3S. The Morgan fingerprint density at radius 1 is 1.56 bits per heavy atom. The molecule has 2 unspecified atom stereocenters. The molecule has 2 aliphatic rings. The largest absolute Gasteiger partial charge is 0.391 e. The number of aliphatic hydroxyl groups is 1. The van der Waals surface area contributed by atoms with E-state index in [4.69, 9.17) is 0 Å². The SMILES string of the molecule is O=C1N[C@H](C(=O)NCC2CNCC2O)CS1. The van der Waals surface area contributed by atoms with Gasteiger partial charge < -0.3 is 21.1 Å². The molecule has 0 radical (unpaired) electrons. The average Bonchev–Trinajstić information content (AvgIpc) is 2.84. The molecule has 0 bridgehead atoms. The van der Waals surface area contributed by atoms with E-state index < -0.39 is 12.1 Å². The summed E-state index contributed by atoms with van der Waals surface area (Å²) in [4.78, 5) is 22.5.